The Morgan fingerprint density at radius 2 is 2.18 bits per heavy atom. The van der Waals surface area contributed by atoms with E-state index in [0.29, 0.717) is 6.54 Å². The van der Waals surface area contributed by atoms with Crippen molar-refractivity contribution in [2.24, 2.45) is 0 Å². The van der Waals surface area contributed by atoms with Gasteiger partial charge in [-0.25, -0.2) is 9.97 Å². The first-order chi connectivity index (χ1) is 10.8. The lowest BCUT2D eigenvalue weighted by Gasteiger charge is -2.16. The van der Waals surface area contributed by atoms with E-state index in [1.807, 2.05) is 17.5 Å². The molecule has 0 saturated heterocycles. The number of aromatic nitrogens is 3. The third-order valence-electron chi connectivity index (χ3n) is 4.12. The molecule has 5 nitrogen and oxygen atoms in total. The number of nitrogens with one attached hydrogen (secondary N) is 2. The van der Waals surface area contributed by atoms with Crippen molar-refractivity contribution in [3.63, 3.8) is 0 Å². The molecule has 3 heterocycles. The maximum atomic E-state index is 12.2. The average molecular weight is 312 g/mol. The molecule has 4 rings (SSSR count). The molecule has 0 saturated carbocycles. The van der Waals surface area contributed by atoms with E-state index in [1.165, 1.54) is 12.0 Å². The lowest BCUT2D eigenvalue weighted by molar-refractivity contribution is 0.663. The number of rotatable bonds is 3. The smallest absolute Gasteiger partial charge is 0.253 e. The minimum absolute atomic E-state index is 0.00349. The highest BCUT2D eigenvalue weighted by molar-refractivity contribution is 7.16. The first kappa shape index (κ1) is 13.5. The van der Waals surface area contributed by atoms with Crippen LogP contribution >= 0.6 is 11.3 Å². The van der Waals surface area contributed by atoms with Crippen LogP contribution in [-0.2, 0) is 19.4 Å². The van der Waals surface area contributed by atoms with E-state index in [0.717, 1.165) is 46.6 Å². The molecule has 22 heavy (non-hydrogen) atoms. The molecular weight excluding hydrogens is 296 g/mol. The molecule has 3 aromatic heterocycles. The highest BCUT2D eigenvalue weighted by atomic mass is 32.1. The van der Waals surface area contributed by atoms with Gasteiger partial charge in [0.1, 0.15) is 17.0 Å². The minimum Gasteiger partial charge on any atom is -0.365 e. The number of pyridine rings is 1. The molecule has 2 N–H and O–H groups in total. The molecule has 0 atom stereocenters. The number of hydrogen-bond acceptors (Lipinski definition) is 5. The Morgan fingerprint density at radius 3 is 3.14 bits per heavy atom. The lowest BCUT2D eigenvalue weighted by atomic mass is 9.95. The summed E-state index contributed by atoms with van der Waals surface area (Å²) in [5.41, 5.74) is 3.17. The van der Waals surface area contributed by atoms with Gasteiger partial charge in [0, 0.05) is 17.8 Å². The van der Waals surface area contributed by atoms with Gasteiger partial charge in [-0.3, -0.25) is 4.79 Å². The summed E-state index contributed by atoms with van der Waals surface area (Å²) < 4.78 is 0. The van der Waals surface area contributed by atoms with E-state index in [4.69, 9.17) is 0 Å². The van der Waals surface area contributed by atoms with Crippen LogP contribution in [0.1, 0.15) is 29.7 Å². The van der Waals surface area contributed by atoms with Gasteiger partial charge in [0.15, 0.2) is 0 Å². The van der Waals surface area contributed by atoms with Crippen LogP contribution in [0.15, 0.2) is 28.6 Å². The van der Waals surface area contributed by atoms with Crippen LogP contribution in [0.3, 0.4) is 0 Å². The summed E-state index contributed by atoms with van der Waals surface area (Å²) in [4.78, 5) is 24.7. The first-order valence-electron chi connectivity index (χ1n) is 7.47. The van der Waals surface area contributed by atoms with Crippen molar-refractivity contribution in [3.8, 4) is 0 Å². The quantitative estimate of drug-likeness (QED) is 0.780. The summed E-state index contributed by atoms with van der Waals surface area (Å²) in [6.45, 7) is 0.477. The van der Waals surface area contributed by atoms with Crippen molar-refractivity contribution in [2.75, 3.05) is 5.32 Å². The standard InChI is InChI=1S/C16H16N4OS/c21-15-11(7-10-3-1-2-4-13(10)20-15)8-17-14-12-5-6-22-16(12)19-9-18-14/h5-7,9H,1-4,8H2,(H,20,21)(H,17,18,19). The van der Waals surface area contributed by atoms with Crippen LogP contribution in [0.5, 0.6) is 0 Å². The monoisotopic (exact) mass is 312 g/mol. The van der Waals surface area contributed by atoms with Crippen molar-refractivity contribution in [1.29, 1.82) is 0 Å². The minimum atomic E-state index is 0.00349. The van der Waals surface area contributed by atoms with Crippen molar-refractivity contribution in [3.05, 3.63) is 51.0 Å². The highest BCUT2D eigenvalue weighted by Crippen LogP contribution is 2.24. The summed E-state index contributed by atoms with van der Waals surface area (Å²) >= 11 is 1.59. The largest absolute Gasteiger partial charge is 0.365 e. The summed E-state index contributed by atoms with van der Waals surface area (Å²) in [5.74, 6) is 0.781. The molecule has 0 bridgehead atoms. The van der Waals surface area contributed by atoms with Gasteiger partial charge < -0.3 is 10.3 Å². The molecule has 0 amide bonds. The third kappa shape index (κ3) is 2.39. The number of anilines is 1. The molecule has 1 aliphatic carbocycles. The van der Waals surface area contributed by atoms with Crippen LogP contribution in [0.4, 0.5) is 5.82 Å². The molecule has 0 aliphatic heterocycles. The molecule has 1 aliphatic rings. The fourth-order valence-electron chi connectivity index (χ4n) is 2.97. The van der Waals surface area contributed by atoms with Crippen LogP contribution in [0.2, 0.25) is 0 Å². The van der Waals surface area contributed by atoms with Gasteiger partial charge in [-0.05, 0) is 48.8 Å². The number of aromatic amines is 1. The second-order valence-corrected chi connectivity index (χ2v) is 6.44. The summed E-state index contributed by atoms with van der Waals surface area (Å²) in [6.07, 6.45) is 5.96. The Hall–Kier alpha value is -2.21. The summed E-state index contributed by atoms with van der Waals surface area (Å²) in [5, 5.41) is 6.27. The molecule has 0 fully saturated rings. The van der Waals surface area contributed by atoms with Crippen molar-refractivity contribution in [1.82, 2.24) is 15.0 Å². The van der Waals surface area contributed by atoms with E-state index in [-0.39, 0.29) is 5.56 Å². The summed E-state index contributed by atoms with van der Waals surface area (Å²) in [7, 11) is 0. The van der Waals surface area contributed by atoms with Crippen LogP contribution in [0, 0.1) is 0 Å². The molecule has 6 heteroatoms. The Bertz CT molecular complexity index is 883. The summed E-state index contributed by atoms with van der Waals surface area (Å²) in [6, 6.07) is 4.05. The zero-order valence-corrected chi connectivity index (χ0v) is 12.9. The number of fused-ring (bicyclic) bond motifs is 2. The van der Waals surface area contributed by atoms with Crippen LogP contribution < -0.4 is 10.9 Å². The van der Waals surface area contributed by atoms with Gasteiger partial charge in [-0.2, -0.15) is 0 Å². The maximum absolute atomic E-state index is 12.2. The molecule has 0 aromatic carbocycles. The van der Waals surface area contributed by atoms with Gasteiger partial charge in [0.25, 0.3) is 5.56 Å². The van der Waals surface area contributed by atoms with E-state index < -0.39 is 0 Å². The number of thiophene rings is 1. The molecule has 3 aromatic rings. The first-order valence-corrected chi connectivity index (χ1v) is 8.35. The van der Waals surface area contributed by atoms with E-state index in [1.54, 1.807) is 17.7 Å². The van der Waals surface area contributed by atoms with Crippen LogP contribution in [0.25, 0.3) is 10.2 Å². The molecule has 0 unspecified atom stereocenters. The number of aryl methyl sites for hydroxylation is 2. The molecule has 112 valence electrons. The number of nitrogens with zero attached hydrogens (tertiary/aromatic N) is 2. The molecule has 0 spiro atoms. The van der Waals surface area contributed by atoms with E-state index in [2.05, 4.69) is 20.3 Å². The van der Waals surface area contributed by atoms with Crippen molar-refractivity contribution >= 4 is 27.4 Å². The zero-order valence-electron chi connectivity index (χ0n) is 12.1. The predicted octanol–water partition coefficient (Wildman–Crippen LogP) is 2.87. The topological polar surface area (TPSA) is 70.7 Å². The Morgan fingerprint density at radius 1 is 1.27 bits per heavy atom. The second kappa shape index (κ2) is 5.53. The highest BCUT2D eigenvalue weighted by Gasteiger charge is 2.13. The third-order valence-corrected chi connectivity index (χ3v) is 4.94. The van der Waals surface area contributed by atoms with Gasteiger partial charge in [0.05, 0.1) is 5.39 Å². The van der Waals surface area contributed by atoms with Gasteiger partial charge >= 0.3 is 0 Å². The lowest BCUT2D eigenvalue weighted by Crippen LogP contribution is -2.21. The van der Waals surface area contributed by atoms with Crippen molar-refractivity contribution in [2.45, 2.75) is 32.2 Å². The van der Waals surface area contributed by atoms with Gasteiger partial charge in [-0.15, -0.1) is 11.3 Å². The fraction of sp³-hybridized carbons (Fsp3) is 0.312. The SMILES string of the molecule is O=c1[nH]c2c(cc1CNc1ncnc3sccc13)CCCC2. The van der Waals surface area contributed by atoms with Crippen LogP contribution in [-0.4, -0.2) is 15.0 Å². The normalized spacial score (nSPS) is 14.0. The fourth-order valence-corrected chi connectivity index (χ4v) is 3.70. The maximum Gasteiger partial charge on any atom is 0.253 e. The Balaban J connectivity index is 1.61. The van der Waals surface area contributed by atoms with Gasteiger partial charge in [0.2, 0.25) is 0 Å². The Labute approximate surface area is 131 Å². The van der Waals surface area contributed by atoms with Gasteiger partial charge in [-0.1, -0.05) is 0 Å². The molecular formula is C16H16N4OS. The zero-order chi connectivity index (χ0) is 14.9. The predicted molar refractivity (Wildman–Crippen MR) is 88.4 cm³/mol. The Kier molecular flexibility index (Phi) is 3.38. The molecule has 0 radical (unpaired) electrons. The number of hydrogen-bond donors (Lipinski definition) is 2. The number of H-pyrrole nitrogens is 1. The second-order valence-electron chi connectivity index (χ2n) is 5.55. The van der Waals surface area contributed by atoms with E-state index in [9.17, 15) is 4.79 Å². The average Bonchev–Trinajstić information content (AvgIpc) is 3.02. The van der Waals surface area contributed by atoms with E-state index >= 15 is 0 Å². The van der Waals surface area contributed by atoms with Crippen molar-refractivity contribution < 1.29 is 0 Å².